The molecule has 0 aliphatic rings. The number of likely N-dealkylation sites (N-methyl/N-ethyl adjacent to an activating group) is 1. The Kier molecular flexibility index (Phi) is 5.14. The third-order valence-electron chi connectivity index (χ3n) is 3.90. The molecule has 5 heteroatoms. The molecule has 0 unspecified atom stereocenters. The van der Waals surface area contributed by atoms with E-state index in [0.29, 0.717) is 18.7 Å². The summed E-state index contributed by atoms with van der Waals surface area (Å²) >= 11 is 0. The minimum atomic E-state index is -0.639. The molecule has 128 valence electrons. The first kappa shape index (κ1) is 16.8. The Morgan fingerprint density at radius 1 is 1.04 bits per heavy atom. The van der Waals surface area contributed by atoms with Gasteiger partial charge in [0, 0.05) is 18.5 Å². The summed E-state index contributed by atoms with van der Waals surface area (Å²) in [5.74, 6) is -0.781. The number of furan rings is 1. The number of ether oxygens (including phenoxy) is 1. The van der Waals surface area contributed by atoms with E-state index in [4.69, 9.17) is 9.15 Å². The number of amides is 1. The van der Waals surface area contributed by atoms with Gasteiger partial charge in [0.25, 0.3) is 5.91 Å². The van der Waals surface area contributed by atoms with Gasteiger partial charge in [0.05, 0.1) is 0 Å². The van der Waals surface area contributed by atoms with Crippen molar-refractivity contribution >= 4 is 22.8 Å². The van der Waals surface area contributed by atoms with Gasteiger partial charge in [-0.05, 0) is 24.6 Å². The number of hydrogen-bond acceptors (Lipinski definition) is 4. The Hall–Kier alpha value is -3.08. The molecule has 1 amide bonds. The van der Waals surface area contributed by atoms with Crippen LogP contribution >= 0.6 is 0 Å². The van der Waals surface area contributed by atoms with Crippen LogP contribution in [0.4, 0.5) is 0 Å². The fraction of sp³-hybridized carbons (Fsp3) is 0.200. The van der Waals surface area contributed by atoms with E-state index < -0.39 is 5.97 Å². The number of hydrogen-bond donors (Lipinski definition) is 0. The molecule has 0 aliphatic carbocycles. The first-order valence-corrected chi connectivity index (χ1v) is 8.14. The SMILES string of the molecule is CCN(Cc1ccccc1)C(=O)COC(=O)c1cc2ccccc2o1. The Morgan fingerprint density at radius 3 is 2.48 bits per heavy atom. The smallest absolute Gasteiger partial charge is 0.374 e. The van der Waals surface area contributed by atoms with E-state index in [0.717, 1.165) is 10.9 Å². The molecule has 0 bridgehead atoms. The van der Waals surface area contributed by atoms with Crippen LogP contribution < -0.4 is 0 Å². The highest BCUT2D eigenvalue weighted by Crippen LogP contribution is 2.19. The molecule has 0 spiro atoms. The maximum atomic E-state index is 12.3. The van der Waals surface area contributed by atoms with Crippen LogP contribution in [-0.4, -0.2) is 29.9 Å². The number of benzene rings is 2. The van der Waals surface area contributed by atoms with Crippen LogP contribution in [0.2, 0.25) is 0 Å². The van der Waals surface area contributed by atoms with Crippen molar-refractivity contribution in [2.45, 2.75) is 13.5 Å². The number of fused-ring (bicyclic) bond motifs is 1. The second-order valence-corrected chi connectivity index (χ2v) is 5.62. The van der Waals surface area contributed by atoms with Gasteiger partial charge in [-0.25, -0.2) is 4.79 Å². The van der Waals surface area contributed by atoms with E-state index in [1.165, 1.54) is 0 Å². The fourth-order valence-corrected chi connectivity index (χ4v) is 2.55. The van der Waals surface area contributed by atoms with Gasteiger partial charge in [-0.3, -0.25) is 4.79 Å². The molecule has 0 saturated heterocycles. The average Bonchev–Trinajstić information content (AvgIpc) is 3.09. The third-order valence-corrected chi connectivity index (χ3v) is 3.90. The molecule has 0 fully saturated rings. The maximum absolute atomic E-state index is 12.3. The van der Waals surface area contributed by atoms with Crippen LogP contribution in [0, 0.1) is 0 Å². The normalized spacial score (nSPS) is 10.6. The summed E-state index contributed by atoms with van der Waals surface area (Å²) in [6, 6.07) is 18.6. The number of carbonyl (C=O) groups excluding carboxylic acids is 2. The van der Waals surface area contributed by atoms with Crippen LogP contribution in [0.5, 0.6) is 0 Å². The van der Waals surface area contributed by atoms with Gasteiger partial charge in [0.15, 0.2) is 6.61 Å². The number of para-hydroxylation sites is 1. The molecule has 25 heavy (non-hydrogen) atoms. The molecule has 1 aromatic heterocycles. The highest BCUT2D eigenvalue weighted by molar-refractivity contribution is 5.93. The van der Waals surface area contributed by atoms with E-state index >= 15 is 0 Å². The summed E-state index contributed by atoms with van der Waals surface area (Å²) in [5, 5.41) is 0.819. The summed E-state index contributed by atoms with van der Waals surface area (Å²) in [6.07, 6.45) is 0. The van der Waals surface area contributed by atoms with Gasteiger partial charge in [-0.15, -0.1) is 0 Å². The molecule has 0 atom stereocenters. The highest BCUT2D eigenvalue weighted by Gasteiger charge is 2.18. The Morgan fingerprint density at radius 2 is 1.76 bits per heavy atom. The fourth-order valence-electron chi connectivity index (χ4n) is 2.55. The van der Waals surface area contributed by atoms with E-state index in [1.807, 2.05) is 55.5 Å². The quantitative estimate of drug-likeness (QED) is 0.644. The molecule has 0 radical (unpaired) electrons. The maximum Gasteiger partial charge on any atom is 0.374 e. The van der Waals surface area contributed by atoms with Crippen molar-refractivity contribution in [2.75, 3.05) is 13.2 Å². The Labute approximate surface area is 145 Å². The highest BCUT2D eigenvalue weighted by atomic mass is 16.5. The molecule has 3 aromatic rings. The Balaban J connectivity index is 1.59. The van der Waals surface area contributed by atoms with E-state index in [2.05, 4.69) is 0 Å². The summed E-state index contributed by atoms with van der Waals surface area (Å²) in [5.41, 5.74) is 1.64. The summed E-state index contributed by atoms with van der Waals surface area (Å²) < 4.78 is 10.6. The van der Waals surface area contributed by atoms with Crippen LogP contribution in [0.1, 0.15) is 23.0 Å². The van der Waals surface area contributed by atoms with Crippen LogP contribution in [0.3, 0.4) is 0 Å². The van der Waals surface area contributed by atoms with Crippen LogP contribution in [0.25, 0.3) is 11.0 Å². The molecule has 0 N–H and O–H groups in total. The molecular formula is C20H19NO4. The zero-order valence-electron chi connectivity index (χ0n) is 14.0. The van der Waals surface area contributed by atoms with Crippen molar-refractivity contribution < 1.29 is 18.7 Å². The summed E-state index contributed by atoms with van der Waals surface area (Å²) in [4.78, 5) is 26.0. The van der Waals surface area contributed by atoms with Crippen LogP contribution in [-0.2, 0) is 16.1 Å². The second-order valence-electron chi connectivity index (χ2n) is 5.62. The molecule has 2 aromatic carbocycles. The van der Waals surface area contributed by atoms with Gasteiger partial charge in [0.2, 0.25) is 5.76 Å². The lowest BCUT2D eigenvalue weighted by Crippen LogP contribution is -2.34. The summed E-state index contributed by atoms with van der Waals surface area (Å²) in [7, 11) is 0. The number of esters is 1. The van der Waals surface area contributed by atoms with Gasteiger partial charge < -0.3 is 14.1 Å². The predicted octanol–water partition coefficient (Wildman–Crippen LogP) is 3.64. The number of carbonyl (C=O) groups is 2. The van der Waals surface area contributed by atoms with Gasteiger partial charge in [-0.1, -0.05) is 48.5 Å². The zero-order chi connectivity index (χ0) is 17.6. The van der Waals surface area contributed by atoms with Crippen molar-refractivity contribution in [1.82, 2.24) is 4.90 Å². The first-order chi connectivity index (χ1) is 12.2. The standard InChI is InChI=1S/C20H19NO4/c1-2-21(13-15-8-4-3-5-9-15)19(22)14-24-20(23)18-12-16-10-6-7-11-17(16)25-18/h3-12H,2,13-14H2,1H3. The van der Waals surface area contributed by atoms with Crippen molar-refractivity contribution in [1.29, 1.82) is 0 Å². The topological polar surface area (TPSA) is 59.8 Å². The minimum Gasteiger partial charge on any atom is -0.450 e. The average molecular weight is 337 g/mol. The monoisotopic (exact) mass is 337 g/mol. The van der Waals surface area contributed by atoms with Crippen molar-refractivity contribution in [3.63, 3.8) is 0 Å². The van der Waals surface area contributed by atoms with Gasteiger partial charge >= 0.3 is 5.97 Å². The molecule has 5 nitrogen and oxygen atoms in total. The van der Waals surface area contributed by atoms with Crippen molar-refractivity contribution in [3.8, 4) is 0 Å². The Bertz CT molecular complexity index is 837. The molecule has 3 rings (SSSR count). The predicted molar refractivity (Wildman–Crippen MR) is 94.0 cm³/mol. The van der Waals surface area contributed by atoms with E-state index in [-0.39, 0.29) is 18.3 Å². The largest absolute Gasteiger partial charge is 0.450 e. The second kappa shape index (κ2) is 7.66. The van der Waals surface area contributed by atoms with E-state index in [1.54, 1.807) is 17.0 Å². The summed E-state index contributed by atoms with van der Waals surface area (Å²) in [6.45, 7) is 2.60. The molecule has 1 heterocycles. The van der Waals surface area contributed by atoms with Crippen molar-refractivity contribution in [3.05, 3.63) is 72.0 Å². The number of nitrogens with zero attached hydrogens (tertiary/aromatic N) is 1. The number of rotatable bonds is 6. The van der Waals surface area contributed by atoms with Gasteiger partial charge in [-0.2, -0.15) is 0 Å². The lowest BCUT2D eigenvalue weighted by molar-refractivity contribution is -0.135. The lowest BCUT2D eigenvalue weighted by Gasteiger charge is -2.20. The minimum absolute atomic E-state index is 0.0973. The van der Waals surface area contributed by atoms with Crippen molar-refractivity contribution in [2.24, 2.45) is 0 Å². The zero-order valence-corrected chi connectivity index (χ0v) is 14.0. The van der Waals surface area contributed by atoms with Gasteiger partial charge in [0.1, 0.15) is 5.58 Å². The lowest BCUT2D eigenvalue weighted by atomic mass is 10.2. The molecule has 0 saturated carbocycles. The van der Waals surface area contributed by atoms with E-state index in [9.17, 15) is 9.59 Å². The van der Waals surface area contributed by atoms with Crippen LogP contribution in [0.15, 0.2) is 65.1 Å². The third kappa shape index (κ3) is 4.07. The molecule has 0 aliphatic heterocycles. The first-order valence-electron chi connectivity index (χ1n) is 8.14. The molecular weight excluding hydrogens is 318 g/mol.